The van der Waals surface area contributed by atoms with Crippen molar-refractivity contribution < 1.29 is 23.5 Å². The predicted octanol–water partition coefficient (Wildman–Crippen LogP) is 1.73. The van der Waals surface area contributed by atoms with Crippen LogP contribution in [-0.2, 0) is 4.79 Å². The van der Waals surface area contributed by atoms with Gasteiger partial charge in [0.2, 0.25) is 0 Å². The number of carbonyl (C=O) groups is 2. The van der Waals surface area contributed by atoms with E-state index in [4.69, 9.17) is 15.2 Å². The third kappa shape index (κ3) is 3.39. The Kier molecular flexibility index (Phi) is 4.33. The molecule has 0 bridgehead atoms. The Labute approximate surface area is 155 Å². The molecule has 27 heavy (non-hydrogen) atoms. The minimum absolute atomic E-state index is 0.0950. The van der Waals surface area contributed by atoms with Crippen molar-refractivity contribution in [3.63, 3.8) is 0 Å². The van der Waals surface area contributed by atoms with E-state index in [-0.39, 0.29) is 18.3 Å². The molecule has 1 aromatic carbocycles. The molecule has 1 aliphatic heterocycles. The molecule has 0 spiro atoms. The van der Waals surface area contributed by atoms with Crippen molar-refractivity contribution in [3.8, 4) is 11.5 Å². The van der Waals surface area contributed by atoms with Crippen LogP contribution < -0.4 is 20.5 Å². The number of hydrogen-bond acceptors (Lipinski definition) is 5. The monoisotopic (exact) mass is 373 g/mol. The number of fused-ring (bicyclic) bond motifs is 1. The van der Waals surface area contributed by atoms with Crippen LogP contribution in [0.25, 0.3) is 10.9 Å². The normalized spacial score (nSPS) is 24.7. The molecule has 1 saturated heterocycles. The lowest BCUT2D eigenvalue weighted by atomic mass is 10.0. The number of nitrogens with two attached hydrogens (primary N) is 1. The van der Waals surface area contributed by atoms with Crippen molar-refractivity contribution in [2.75, 3.05) is 6.61 Å². The number of rotatable bonds is 6. The molecule has 2 aliphatic rings. The van der Waals surface area contributed by atoms with E-state index in [9.17, 15) is 14.0 Å². The van der Waals surface area contributed by atoms with E-state index in [1.54, 1.807) is 31.3 Å². The minimum Gasteiger partial charge on any atom is -0.491 e. The molecule has 2 fully saturated rings. The highest BCUT2D eigenvalue weighted by Crippen LogP contribution is 2.35. The van der Waals surface area contributed by atoms with E-state index >= 15 is 0 Å². The van der Waals surface area contributed by atoms with Gasteiger partial charge in [0.15, 0.2) is 6.17 Å². The molecule has 0 radical (unpaired) electrons. The van der Waals surface area contributed by atoms with Gasteiger partial charge in [-0.1, -0.05) is 6.92 Å². The van der Waals surface area contributed by atoms with Crippen LogP contribution in [0.4, 0.5) is 4.39 Å². The average Bonchev–Trinajstić information content (AvgIpc) is 3.43. The van der Waals surface area contributed by atoms with Crippen LogP contribution in [-0.4, -0.2) is 41.7 Å². The van der Waals surface area contributed by atoms with Gasteiger partial charge in [0.25, 0.3) is 11.8 Å². The van der Waals surface area contributed by atoms with Gasteiger partial charge >= 0.3 is 0 Å². The van der Waals surface area contributed by atoms with Gasteiger partial charge in [-0.2, -0.15) is 0 Å². The molecule has 3 N–H and O–H groups in total. The van der Waals surface area contributed by atoms with Crippen LogP contribution in [0.3, 0.4) is 0 Å². The van der Waals surface area contributed by atoms with Crippen LogP contribution >= 0.6 is 0 Å². The van der Waals surface area contributed by atoms with Crippen molar-refractivity contribution in [1.29, 1.82) is 0 Å². The Morgan fingerprint density at radius 1 is 1.37 bits per heavy atom. The molecule has 2 amide bonds. The lowest BCUT2D eigenvalue weighted by Crippen LogP contribution is -2.34. The summed E-state index contributed by atoms with van der Waals surface area (Å²) in [4.78, 5) is 27.5. The number of primary amides is 1. The Bertz CT molecular complexity index is 915. The number of amides is 2. The van der Waals surface area contributed by atoms with Gasteiger partial charge in [-0.05, 0) is 31.0 Å². The highest BCUT2D eigenvalue weighted by atomic mass is 19.1. The van der Waals surface area contributed by atoms with Gasteiger partial charge in [-0.15, -0.1) is 0 Å². The Morgan fingerprint density at radius 3 is 2.78 bits per heavy atom. The van der Waals surface area contributed by atoms with Crippen LogP contribution in [0.2, 0.25) is 0 Å². The summed E-state index contributed by atoms with van der Waals surface area (Å²) < 4.78 is 25.4. The Balaban J connectivity index is 1.62. The molecule has 1 saturated carbocycles. The number of nitrogens with zero attached hydrogens (tertiary/aromatic N) is 1. The van der Waals surface area contributed by atoms with Gasteiger partial charge in [0.1, 0.15) is 18.1 Å². The summed E-state index contributed by atoms with van der Waals surface area (Å²) in [5, 5.41) is 3.26. The smallest absolute Gasteiger partial charge is 0.255 e. The van der Waals surface area contributed by atoms with E-state index in [1.807, 2.05) is 0 Å². The molecule has 1 aliphatic carbocycles. The molecule has 2 aromatic rings. The first-order valence-electron chi connectivity index (χ1n) is 8.90. The fraction of sp³-hybridized carbons (Fsp3) is 0.421. The second-order valence-electron chi connectivity index (χ2n) is 7.04. The highest BCUT2D eigenvalue weighted by molar-refractivity contribution is 6.01. The van der Waals surface area contributed by atoms with Crippen molar-refractivity contribution in [3.05, 3.63) is 30.0 Å². The number of hydrogen-bond donors (Lipinski definition) is 2. The zero-order valence-electron chi connectivity index (χ0n) is 14.8. The third-order valence-corrected chi connectivity index (χ3v) is 4.98. The van der Waals surface area contributed by atoms with E-state index in [2.05, 4.69) is 10.3 Å². The average molecular weight is 373 g/mol. The van der Waals surface area contributed by atoms with Crippen LogP contribution in [0.5, 0.6) is 11.5 Å². The van der Waals surface area contributed by atoms with Gasteiger partial charge in [0, 0.05) is 17.5 Å². The number of aromatic nitrogens is 1. The Morgan fingerprint density at radius 2 is 2.15 bits per heavy atom. The molecular formula is C19H20FN3O4. The largest absolute Gasteiger partial charge is 0.491 e. The maximum Gasteiger partial charge on any atom is 0.255 e. The van der Waals surface area contributed by atoms with E-state index < -0.39 is 29.9 Å². The number of benzene rings is 1. The van der Waals surface area contributed by atoms with E-state index in [1.165, 1.54) is 0 Å². The maximum atomic E-state index is 13.7. The summed E-state index contributed by atoms with van der Waals surface area (Å²) in [6.45, 7) is 1.80. The van der Waals surface area contributed by atoms with Crippen LogP contribution in [0, 0.1) is 5.92 Å². The van der Waals surface area contributed by atoms with Crippen LogP contribution in [0.1, 0.15) is 30.1 Å². The maximum absolute atomic E-state index is 13.7. The summed E-state index contributed by atoms with van der Waals surface area (Å²) in [5.74, 6) is -0.748. The predicted molar refractivity (Wildman–Crippen MR) is 95.4 cm³/mol. The SMILES string of the molecule is C[C@@H]1[C@H](F)C(=O)N[C@@H]1COc1ccnc2cc(C(N)=O)c(OC3CC3)cc12. The van der Waals surface area contributed by atoms with E-state index in [0.717, 1.165) is 12.8 Å². The summed E-state index contributed by atoms with van der Waals surface area (Å²) in [5.41, 5.74) is 6.28. The van der Waals surface area contributed by atoms with Gasteiger partial charge in [-0.25, -0.2) is 4.39 Å². The molecule has 7 nitrogen and oxygen atoms in total. The fourth-order valence-electron chi connectivity index (χ4n) is 3.14. The molecule has 3 atom stereocenters. The first kappa shape index (κ1) is 17.5. The fourth-order valence-corrected chi connectivity index (χ4v) is 3.14. The Hall–Kier alpha value is -2.90. The first-order valence-corrected chi connectivity index (χ1v) is 8.90. The van der Waals surface area contributed by atoms with Crippen molar-refractivity contribution in [2.24, 2.45) is 11.7 Å². The summed E-state index contributed by atoms with van der Waals surface area (Å²) in [6, 6.07) is 4.55. The van der Waals surface area contributed by atoms with Gasteiger partial charge in [0.05, 0.1) is 23.2 Å². The number of ether oxygens (including phenoxy) is 2. The quantitative estimate of drug-likeness (QED) is 0.803. The number of alkyl halides is 1. The minimum atomic E-state index is -1.52. The second kappa shape index (κ2) is 6.68. The lowest BCUT2D eigenvalue weighted by molar-refractivity contribution is -0.123. The van der Waals surface area contributed by atoms with Gasteiger partial charge in [-0.3, -0.25) is 14.6 Å². The number of carbonyl (C=O) groups excluding carboxylic acids is 2. The van der Waals surface area contributed by atoms with Gasteiger partial charge < -0.3 is 20.5 Å². The van der Waals surface area contributed by atoms with E-state index in [0.29, 0.717) is 22.4 Å². The summed E-state index contributed by atoms with van der Waals surface area (Å²) in [6.07, 6.45) is 2.01. The zero-order chi connectivity index (χ0) is 19.1. The standard InChI is InChI=1S/C19H20FN3O4/c1-9-14(23-19(25)17(9)20)8-26-15-4-5-22-13-6-12(18(21)24)16(7-11(13)15)27-10-2-3-10/h4-7,9-10,14,17H,2-3,8H2,1H3,(H2,21,24)(H,23,25)/t9-,14+,17-/m0/s1. The first-order chi connectivity index (χ1) is 12.9. The molecular weight excluding hydrogens is 353 g/mol. The highest BCUT2D eigenvalue weighted by Gasteiger charge is 2.40. The molecule has 1 aromatic heterocycles. The lowest BCUT2D eigenvalue weighted by Gasteiger charge is -2.18. The van der Waals surface area contributed by atoms with Crippen molar-refractivity contribution in [2.45, 2.75) is 38.1 Å². The molecule has 0 unspecified atom stereocenters. The zero-order valence-corrected chi connectivity index (χ0v) is 14.8. The number of pyridine rings is 1. The van der Waals surface area contributed by atoms with Crippen molar-refractivity contribution in [1.82, 2.24) is 10.3 Å². The molecule has 2 heterocycles. The molecule has 4 rings (SSSR count). The third-order valence-electron chi connectivity index (χ3n) is 4.98. The topological polar surface area (TPSA) is 104 Å². The number of halogens is 1. The van der Waals surface area contributed by atoms with Crippen LogP contribution in [0.15, 0.2) is 24.4 Å². The molecule has 142 valence electrons. The second-order valence-corrected chi connectivity index (χ2v) is 7.04. The summed E-state index contributed by atoms with van der Waals surface area (Å²) in [7, 11) is 0. The summed E-state index contributed by atoms with van der Waals surface area (Å²) >= 11 is 0. The van der Waals surface area contributed by atoms with Crippen molar-refractivity contribution >= 4 is 22.7 Å². The number of nitrogens with one attached hydrogen (secondary N) is 1. The molecule has 8 heteroatoms.